The van der Waals surface area contributed by atoms with Gasteiger partial charge < -0.3 is 4.98 Å². The standard InChI is InChI=1S/C24H23FN6O/c1-15-13-16(2)29-24(28-15)31-23(30-22(32)17-7-9-19(25)10-8-17)26-12-11-18-14-27-21-6-4-3-5-20(18)21/h3-10,13-14,27H,11-12H2,1-2H3,(H2,26,28,29,30,31,32). The van der Waals surface area contributed by atoms with Gasteiger partial charge in [-0.25, -0.2) is 14.4 Å². The Morgan fingerprint density at radius 1 is 1.06 bits per heavy atom. The number of anilines is 1. The van der Waals surface area contributed by atoms with Crippen LogP contribution in [0.3, 0.4) is 0 Å². The van der Waals surface area contributed by atoms with Gasteiger partial charge in [0.1, 0.15) is 5.82 Å². The van der Waals surface area contributed by atoms with E-state index < -0.39 is 11.7 Å². The summed E-state index contributed by atoms with van der Waals surface area (Å²) in [5.74, 6) is -0.249. The minimum absolute atomic E-state index is 0.226. The van der Waals surface area contributed by atoms with Crippen molar-refractivity contribution in [2.24, 2.45) is 4.99 Å². The number of carbonyl (C=O) groups excluding carboxylic acids is 1. The van der Waals surface area contributed by atoms with E-state index >= 15 is 0 Å². The van der Waals surface area contributed by atoms with Crippen molar-refractivity contribution < 1.29 is 9.18 Å². The highest BCUT2D eigenvalue weighted by Crippen LogP contribution is 2.18. The van der Waals surface area contributed by atoms with E-state index in [9.17, 15) is 9.18 Å². The smallest absolute Gasteiger partial charge is 0.257 e. The van der Waals surface area contributed by atoms with Crippen LogP contribution in [0.2, 0.25) is 0 Å². The minimum Gasteiger partial charge on any atom is -0.361 e. The summed E-state index contributed by atoms with van der Waals surface area (Å²) < 4.78 is 13.2. The summed E-state index contributed by atoms with van der Waals surface area (Å²) in [6.07, 6.45) is 2.65. The van der Waals surface area contributed by atoms with Gasteiger partial charge in [-0.2, -0.15) is 0 Å². The predicted molar refractivity (Wildman–Crippen MR) is 123 cm³/mol. The van der Waals surface area contributed by atoms with Gasteiger partial charge in [-0.05, 0) is 62.2 Å². The van der Waals surface area contributed by atoms with Crippen molar-refractivity contribution in [1.82, 2.24) is 20.3 Å². The summed E-state index contributed by atoms with van der Waals surface area (Å²) in [5.41, 5.74) is 4.11. The van der Waals surface area contributed by atoms with Gasteiger partial charge in [-0.1, -0.05) is 18.2 Å². The molecular weight excluding hydrogens is 407 g/mol. The molecule has 4 aromatic rings. The van der Waals surface area contributed by atoms with Crippen molar-refractivity contribution in [3.05, 3.63) is 89.1 Å². The van der Waals surface area contributed by atoms with E-state index in [1.807, 2.05) is 44.3 Å². The molecule has 0 radical (unpaired) electrons. The van der Waals surface area contributed by atoms with Crippen LogP contribution in [0.15, 0.2) is 65.8 Å². The van der Waals surface area contributed by atoms with Crippen molar-refractivity contribution in [3.8, 4) is 0 Å². The number of guanidine groups is 1. The largest absolute Gasteiger partial charge is 0.361 e. The maximum atomic E-state index is 13.2. The molecule has 3 N–H and O–H groups in total. The van der Waals surface area contributed by atoms with Crippen LogP contribution in [0.4, 0.5) is 10.3 Å². The Morgan fingerprint density at radius 3 is 2.53 bits per heavy atom. The van der Waals surface area contributed by atoms with Crippen LogP contribution in [-0.2, 0) is 6.42 Å². The fourth-order valence-corrected chi connectivity index (χ4v) is 3.41. The number of rotatable bonds is 5. The molecule has 2 aromatic heterocycles. The van der Waals surface area contributed by atoms with E-state index in [2.05, 4.69) is 36.6 Å². The highest BCUT2D eigenvalue weighted by atomic mass is 19.1. The maximum absolute atomic E-state index is 13.2. The number of aliphatic imine (C=N–C) groups is 1. The molecule has 2 aromatic carbocycles. The summed E-state index contributed by atoms with van der Waals surface area (Å²) in [5, 5.41) is 6.89. The third kappa shape index (κ3) is 5.15. The number of aryl methyl sites for hydroxylation is 2. The van der Waals surface area contributed by atoms with E-state index in [-0.39, 0.29) is 5.96 Å². The van der Waals surface area contributed by atoms with E-state index in [1.165, 1.54) is 24.3 Å². The molecule has 162 valence electrons. The number of aromatic amines is 1. The summed E-state index contributed by atoms with van der Waals surface area (Å²) in [6, 6.07) is 15.2. The van der Waals surface area contributed by atoms with Gasteiger partial charge in [0.05, 0.1) is 0 Å². The topological polar surface area (TPSA) is 95.1 Å². The fourth-order valence-electron chi connectivity index (χ4n) is 3.41. The molecular formula is C24H23FN6O. The fraction of sp³-hybridized carbons (Fsp3) is 0.167. The first-order valence-corrected chi connectivity index (χ1v) is 10.2. The Kier molecular flexibility index (Phi) is 6.21. The molecule has 4 rings (SSSR count). The molecule has 0 atom stereocenters. The van der Waals surface area contributed by atoms with Crippen molar-refractivity contribution in [2.45, 2.75) is 20.3 Å². The summed E-state index contributed by atoms with van der Waals surface area (Å²) in [6.45, 7) is 4.16. The van der Waals surface area contributed by atoms with Crippen molar-refractivity contribution >= 4 is 28.7 Å². The van der Waals surface area contributed by atoms with Crippen LogP contribution < -0.4 is 10.6 Å². The third-order valence-electron chi connectivity index (χ3n) is 4.88. The number of amides is 1. The SMILES string of the molecule is Cc1cc(C)nc(NC(=NCCc2c[nH]c3ccccc23)NC(=O)c2ccc(F)cc2)n1. The second kappa shape index (κ2) is 9.38. The number of hydrogen-bond acceptors (Lipinski definition) is 4. The lowest BCUT2D eigenvalue weighted by Gasteiger charge is -2.11. The van der Waals surface area contributed by atoms with Gasteiger partial charge in [0, 0.05) is 40.6 Å². The molecule has 32 heavy (non-hydrogen) atoms. The first-order valence-electron chi connectivity index (χ1n) is 10.2. The average molecular weight is 430 g/mol. The van der Waals surface area contributed by atoms with Crippen molar-refractivity contribution in [2.75, 3.05) is 11.9 Å². The highest BCUT2D eigenvalue weighted by Gasteiger charge is 2.11. The minimum atomic E-state index is -0.410. The molecule has 0 saturated heterocycles. The molecule has 0 fully saturated rings. The third-order valence-corrected chi connectivity index (χ3v) is 4.88. The summed E-state index contributed by atoms with van der Waals surface area (Å²) >= 11 is 0. The number of halogens is 1. The molecule has 8 heteroatoms. The zero-order valence-electron chi connectivity index (χ0n) is 17.8. The quantitative estimate of drug-likeness (QED) is 0.327. The molecule has 0 bridgehead atoms. The Morgan fingerprint density at radius 2 is 1.78 bits per heavy atom. The number of hydrogen-bond donors (Lipinski definition) is 3. The molecule has 0 aliphatic carbocycles. The number of nitrogens with zero attached hydrogens (tertiary/aromatic N) is 3. The van der Waals surface area contributed by atoms with Crippen molar-refractivity contribution in [1.29, 1.82) is 0 Å². The molecule has 1 amide bonds. The predicted octanol–water partition coefficient (Wildman–Crippen LogP) is 4.15. The number of nitrogens with one attached hydrogen (secondary N) is 3. The summed E-state index contributed by atoms with van der Waals surface area (Å²) in [4.78, 5) is 29.2. The lowest BCUT2D eigenvalue weighted by atomic mass is 10.1. The van der Waals surface area contributed by atoms with Gasteiger partial charge in [0.15, 0.2) is 0 Å². The second-order valence-electron chi connectivity index (χ2n) is 7.40. The van der Waals surface area contributed by atoms with Crippen molar-refractivity contribution in [3.63, 3.8) is 0 Å². The number of benzene rings is 2. The second-order valence-corrected chi connectivity index (χ2v) is 7.40. The lowest BCUT2D eigenvalue weighted by molar-refractivity contribution is 0.0977. The Hall–Kier alpha value is -4.07. The van der Waals surface area contributed by atoms with Crippen LogP contribution >= 0.6 is 0 Å². The molecule has 0 aliphatic heterocycles. The van der Waals surface area contributed by atoms with Crippen LogP contribution in [-0.4, -0.2) is 33.4 Å². The van der Waals surface area contributed by atoms with Gasteiger partial charge in [0.2, 0.25) is 11.9 Å². The molecule has 2 heterocycles. The van der Waals surface area contributed by atoms with Gasteiger partial charge in [-0.15, -0.1) is 0 Å². The van der Waals surface area contributed by atoms with Gasteiger partial charge in [0.25, 0.3) is 5.91 Å². The molecule has 0 saturated carbocycles. The van der Waals surface area contributed by atoms with E-state index in [0.717, 1.165) is 27.9 Å². The van der Waals surface area contributed by atoms with Gasteiger partial charge >= 0.3 is 0 Å². The Bertz CT molecular complexity index is 1260. The lowest BCUT2D eigenvalue weighted by Crippen LogP contribution is -2.37. The maximum Gasteiger partial charge on any atom is 0.257 e. The van der Waals surface area contributed by atoms with Crippen LogP contribution in [0, 0.1) is 19.7 Å². The van der Waals surface area contributed by atoms with E-state index in [0.29, 0.717) is 24.5 Å². The first kappa shape index (κ1) is 21.2. The van der Waals surface area contributed by atoms with E-state index in [1.54, 1.807) is 0 Å². The normalized spacial score (nSPS) is 11.5. The highest BCUT2D eigenvalue weighted by molar-refractivity contribution is 6.09. The number of fused-ring (bicyclic) bond motifs is 1. The van der Waals surface area contributed by atoms with Crippen LogP contribution in [0.5, 0.6) is 0 Å². The number of H-pyrrole nitrogens is 1. The molecule has 0 spiro atoms. The zero-order chi connectivity index (χ0) is 22.5. The van der Waals surface area contributed by atoms with Crippen LogP contribution in [0.25, 0.3) is 10.9 Å². The molecule has 0 unspecified atom stereocenters. The average Bonchev–Trinajstić information content (AvgIpc) is 3.16. The monoisotopic (exact) mass is 430 g/mol. The molecule has 7 nitrogen and oxygen atoms in total. The summed E-state index contributed by atoms with van der Waals surface area (Å²) in [7, 11) is 0. The Labute approximate surface area is 184 Å². The first-order chi connectivity index (χ1) is 15.5. The molecule has 0 aliphatic rings. The van der Waals surface area contributed by atoms with E-state index in [4.69, 9.17) is 0 Å². The zero-order valence-corrected chi connectivity index (χ0v) is 17.8. The van der Waals surface area contributed by atoms with Gasteiger partial charge in [-0.3, -0.25) is 20.4 Å². The number of carbonyl (C=O) groups is 1. The number of aromatic nitrogens is 3. The number of para-hydroxylation sites is 1. The Balaban J connectivity index is 1.54. The van der Waals surface area contributed by atoms with Crippen LogP contribution in [0.1, 0.15) is 27.3 Å².